The number of pyridine rings is 1. The van der Waals surface area contributed by atoms with E-state index >= 15 is 0 Å². The van der Waals surface area contributed by atoms with E-state index in [-0.39, 0.29) is 18.5 Å². The van der Waals surface area contributed by atoms with Gasteiger partial charge < -0.3 is 10.2 Å². The quantitative estimate of drug-likeness (QED) is 0.894. The monoisotopic (exact) mass is 342 g/mol. The van der Waals surface area contributed by atoms with Gasteiger partial charge in [-0.15, -0.1) is 5.10 Å². The molecule has 0 bridgehead atoms. The molecule has 0 aromatic carbocycles. The molecule has 25 heavy (non-hydrogen) atoms. The van der Waals surface area contributed by atoms with Crippen LogP contribution in [0.2, 0.25) is 0 Å². The third-order valence-electron chi connectivity index (χ3n) is 4.66. The van der Waals surface area contributed by atoms with E-state index in [9.17, 15) is 4.79 Å². The fourth-order valence-corrected chi connectivity index (χ4v) is 3.19. The summed E-state index contributed by atoms with van der Waals surface area (Å²) in [5.74, 6) is -0.00893. The molecule has 3 rings (SSSR count). The summed E-state index contributed by atoms with van der Waals surface area (Å²) in [6, 6.07) is 4.68. The van der Waals surface area contributed by atoms with E-state index in [1.807, 2.05) is 19.1 Å². The van der Waals surface area contributed by atoms with Crippen molar-refractivity contribution >= 4 is 5.91 Å². The third-order valence-corrected chi connectivity index (χ3v) is 4.66. The van der Waals surface area contributed by atoms with Crippen LogP contribution in [0.4, 0.5) is 0 Å². The van der Waals surface area contributed by atoms with Gasteiger partial charge in [-0.1, -0.05) is 5.21 Å². The maximum Gasteiger partial charge on any atom is 0.242 e. The minimum absolute atomic E-state index is 0.00893. The van der Waals surface area contributed by atoms with Crippen LogP contribution in [-0.4, -0.2) is 56.0 Å². The van der Waals surface area contributed by atoms with Crippen LogP contribution >= 0.6 is 0 Å². The van der Waals surface area contributed by atoms with Gasteiger partial charge in [0.15, 0.2) is 0 Å². The Labute approximate surface area is 148 Å². The number of aromatic nitrogens is 4. The van der Waals surface area contributed by atoms with Gasteiger partial charge in [0.2, 0.25) is 5.91 Å². The van der Waals surface area contributed by atoms with Crippen LogP contribution in [0.3, 0.4) is 0 Å². The number of nitrogens with one attached hydrogen (secondary N) is 1. The molecule has 0 aliphatic carbocycles. The second kappa shape index (κ2) is 7.74. The Kier molecular flexibility index (Phi) is 5.43. The lowest BCUT2D eigenvalue weighted by Crippen LogP contribution is -2.47. The molecule has 134 valence electrons. The first-order valence-electron chi connectivity index (χ1n) is 8.88. The molecule has 0 radical (unpaired) electrons. The number of rotatable bonds is 5. The lowest BCUT2D eigenvalue weighted by Gasteiger charge is -2.34. The van der Waals surface area contributed by atoms with Gasteiger partial charge in [-0.2, -0.15) is 0 Å². The molecule has 2 aromatic heterocycles. The molecule has 1 N–H and O–H groups in total. The van der Waals surface area contributed by atoms with Crippen molar-refractivity contribution in [2.75, 3.05) is 13.1 Å². The van der Waals surface area contributed by atoms with Crippen LogP contribution in [0.5, 0.6) is 0 Å². The standard InChI is InChI=1S/C18H26N6O/c1-13(2)23-8-5-16(6-9-23)20-18(25)12-24-11-17(21-22-24)15-4-7-19-14(3)10-15/h4,7,10-11,13,16H,5-6,8-9,12H2,1-3H3,(H,20,25). The zero-order valence-electron chi connectivity index (χ0n) is 15.1. The number of piperidine rings is 1. The minimum Gasteiger partial charge on any atom is -0.352 e. The Balaban J connectivity index is 1.52. The number of aryl methyl sites for hydroxylation is 1. The van der Waals surface area contributed by atoms with Crippen molar-refractivity contribution in [2.45, 2.75) is 52.2 Å². The topological polar surface area (TPSA) is 75.9 Å². The van der Waals surface area contributed by atoms with E-state index in [2.05, 4.69) is 39.4 Å². The zero-order valence-corrected chi connectivity index (χ0v) is 15.1. The molecule has 0 atom stereocenters. The second-order valence-corrected chi connectivity index (χ2v) is 6.96. The third kappa shape index (κ3) is 4.63. The maximum absolute atomic E-state index is 12.3. The van der Waals surface area contributed by atoms with Gasteiger partial charge in [0.25, 0.3) is 0 Å². The summed E-state index contributed by atoms with van der Waals surface area (Å²) in [5, 5.41) is 11.3. The highest BCUT2D eigenvalue weighted by atomic mass is 16.2. The predicted molar refractivity (Wildman–Crippen MR) is 95.9 cm³/mol. The van der Waals surface area contributed by atoms with Gasteiger partial charge in [-0.3, -0.25) is 9.78 Å². The fourth-order valence-electron chi connectivity index (χ4n) is 3.19. The smallest absolute Gasteiger partial charge is 0.242 e. The average Bonchev–Trinajstić information content (AvgIpc) is 3.03. The molecule has 1 aliphatic rings. The van der Waals surface area contributed by atoms with E-state index in [1.54, 1.807) is 17.1 Å². The molecule has 0 saturated carbocycles. The van der Waals surface area contributed by atoms with Gasteiger partial charge in [-0.05, 0) is 45.7 Å². The Morgan fingerprint density at radius 3 is 2.80 bits per heavy atom. The Morgan fingerprint density at radius 1 is 1.36 bits per heavy atom. The highest BCUT2D eigenvalue weighted by Gasteiger charge is 2.22. The zero-order chi connectivity index (χ0) is 17.8. The lowest BCUT2D eigenvalue weighted by atomic mass is 10.0. The van der Waals surface area contributed by atoms with Crippen LogP contribution in [-0.2, 0) is 11.3 Å². The Morgan fingerprint density at radius 2 is 2.12 bits per heavy atom. The first-order valence-corrected chi connectivity index (χ1v) is 8.88. The second-order valence-electron chi connectivity index (χ2n) is 6.96. The van der Waals surface area contributed by atoms with E-state index < -0.39 is 0 Å². The van der Waals surface area contributed by atoms with Crippen LogP contribution in [0, 0.1) is 6.92 Å². The van der Waals surface area contributed by atoms with Gasteiger partial charge in [0, 0.05) is 42.6 Å². The molecule has 3 heterocycles. The van der Waals surface area contributed by atoms with Crippen molar-refractivity contribution in [3.05, 3.63) is 30.2 Å². The van der Waals surface area contributed by atoms with E-state index in [4.69, 9.17) is 0 Å². The Hall–Kier alpha value is -2.28. The molecule has 7 nitrogen and oxygen atoms in total. The van der Waals surface area contributed by atoms with Crippen molar-refractivity contribution in [3.63, 3.8) is 0 Å². The van der Waals surface area contributed by atoms with Crippen LogP contribution < -0.4 is 5.32 Å². The summed E-state index contributed by atoms with van der Waals surface area (Å²) >= 11 is 0. The van der Waals surface area contributed by atoms with Crippen molar-refractivity contribution < 1.29 is 4.79 Å². The van der Waals surface area contributed by atoms with Crippen molar-refractivity contribution in [2.24, 2.45) is 0 Å². The molecule has 1 amide bonds. The SMILES string of the molecule is Cc1cc(-c2cn(CC(=O)NC3CCN(C(C)C)CC3)nn2)ccn1. The molecule has 7 heteroatoms. The molecule has 0 unspecified atom stereocenters. The molecule has 1 saturated heterocycles. The Bertz CT molecular complexity index is 718. The molecule has 1 fully saturated rings. The number of likely N-dealkylation sites (tertiary alicyclic amines) is 1. The first kappa shape index (κ1) is 17.5. The first-order chi connectivity index (χ1) is 12.0. The summed E-state index contributed by atoms with van der Waals surface area (Å²) in [5.41, 5.74) is 2.64. The van der Waals surface area contributed by atoms with Gasteiger partial charge in [0.05, 0.1) is 6.20 Å². The number of carbonyl (C=O) groups is 1. The molecular weight excluding hydrogens is 316 g/mol. The van der Waals surface area contributed by atoms with Gasteiger partial charge >= 0.3 is 0 Å². The van der Waals surface area contributed by atoms with E-state index in [0.29, 0.717) is 6.04 Å². The largest absolute Gasteiger partial charge is 0.352 e. The fraction of sp³-hybridized carbons (Fsp3) is 0.556. The number of carbonyl (C=O) groups excluding carboxylic acids is 1. The summed E-state index contributed by atoms with van der Waals surface area (Å²) in [7, 11) is 0. The number of hydrogen-bond donors (Lipinski definition) is 1. The van der Waals surface area contributed by atoms with Crippen molar-refractivity contribution in [1.82, 2.24) is 30.2 Å². The van der Waals surface area contributed by atoms with Crippen molar-refractivity contribution in [1.29, 1.82) is 0 Å². The van der Waals surface area contributed by atoms with Crippen LogP contribution in [0.25, 0.3) is 11.3 Å². The summed E-state index contributed by atoms with van der Waals surface area (Å²) in [4.78, 5) is 18.9. The molecule has 2 aromatic rings. The van der Waals surface area contributed by atoms with Gasteiger partial charge in [-0.25, -0.2) is 4.68 Å². The van der Waals surface area contributed by atoms with Crippen LogP contribution in [0.15, 0.2) is 24.5 Å². The molecular formula is C18H26N6O. The average molecular weight is 342 g/mol. The molecule has 0 spiro atoms. The minimum atomic E-state index is -0.00893. The lowest BCUT2D eigenvalue weighted by molar-refractivity contribution is -0.122. The van der Waals surface area contributed by atoms with E-state index in [1.165, 1.54) is 0 Å². The maximum atomic E-state index is 12.3. The summed E-state index contributed by atoms with van der Waals surface area (Å²) < 4.78 is 1.59. The summed E-state index contributed by atoms with van der Waals surface area (Å²) in [6.07, 6.45) is 5.56. The molecule has 1 aliphatic heterocycles. The number of nitrogens with zero attached hydrogens (tertiary/aromatic N) is 5. The normalized spacial score (nSPS) is 16.3. The van der Waals surface area contributed by atoms with E-state index in [0.717, 1.165) is 42.9 Å². The van der Waals surface area contributed by atoms with Crippen LogP contribution in [0.1, 0.15) is 32.4 Å². The van der Waals surface area contributed by atoms with Crippen molar-refractivity contribution in [3.8, 4) is 11.3 Å². The number of amides is 1. The highest BCUT2D eigenvalue weighted by molar-refractivity contribution is 5.76. The predicted octanol–water partition coefficient (Wildman–Crippen LogP) is 1.64. The summed E-state index contributed by atoms with van der Waals surface area (Å²) in [6.45, 7) is 8.64. The number of hydrogen-bond acceptors (Lipinski definition) is 5. The van der Waals surface area contributed by atoms with Gasteiger partial charge in [0.1, 0.15) is 12.2 Å². The highest BCUT2D eigenvalue weighted by Crippen LogP contribution is 2.16.